The fourth-order valence-electron chi connectivity index (χ4n) is 2.68. The van der Waals surface area contributed by atoms with E-state index in [0.29, 0.717) is 16.4 Å². The number of nitrogens with zero attached hydrogens (tertiary/aromatic N) is 3. The van der Waals surface area contributed by atoms with Gasteiger partial charge in [-0.05, 0) is 43.3 Å². The van der Waals surface area contributed by atoms with Gasteiger partial charge in [-0.3, -0.25) is 4.98 Å². The van der Waals surface area contributed by atoms with Gasteiger partial charge in [-0.15, -0.1) is 10.2 Å². The largest absolute Gasteiger partial charge is 0.493 e. The number of benzene rings is 2. The molecule has 0 saturated carbocycles. The standard InChI is InChI=1S/C18H13ClN4O/c1-10-2-5-14-13(8-10)17(18(24)21-14)23-22-15-6-7-20-16-9-11(19)3-4-12(15)16/h2-9,21,24H,1H3. The predicted octanol–water partition coefficient (Wildman–Crippen LogP) is 5.80. The lowest BCUT2D eigenvalue weighted by molar-refractivity contribution is 0.459. The molecule has 0 fully saturated rings. The highest BCUT2D eigenvalue weighted by Gasteiger charge is 2.11. The van der Waals surface area contributed by atoms with Crippen molar-refractivity contribution in [3.8, 4) is 5.88 Å². The molecule has 0 radical (unpaired) electrons. The fourth-order valence-corrected chi connectivity index (χ4v) is 2.84. The third-order valence-corrected chi connectivity index (χ3v) is 4.08. The lowest BCUT2D eigenvalue weighted by Gasteiger charge is -2.00. The molecule has 0 aliphatic carbocycles. The number of aromatic nitrogens is 2. The Balaban J connectivity index is 1.84. The van der Waals surface area contributed by atoms with Crippen LogP contribution in [0.3, 0.4) is 0 Å². The number of halogens is 1. The van der Waals surface area contributed by atoms with E-state index in [2.05, 4.69) is 20.2 Å². The molecule has 2 N–H and O–H groups in total. The highest BCUT2D eigenvalue weighted by atomic mass is 35.5. The number of H-pyrrole nitrogens is 1. The Morgan fingerprint density at radius 2 is 1.92 bits per heavy atom. The molecule has 4 rings (SSSR count). The second-order valence-electron chi connectivity index (χ2n) is 5.56. The summed E-state index contributed by atoms with van der Waals surface area (Å²) in [5.41, 5.74) is 3.74. The Morgan fingerprint density at radius 1 is 1.04 bits per heavy atom. The first-order valence-corrected chi connectivity index (χ1v) is 7.77. The third-order valence-electron chi connectivity index (χ3n) is 3.85. The van der Waals surface area contributed by atoms with Crippen LogP contribution in [0.2, 0.25) is 5.02 Å². The number of hydrogen-bond acceptors (Lipinski definition) is 4. The van der Waals surface area contributed by atoms with Crippen molar-refractivity contribution in [1.82, 2.24) is 9.97 Å². The van der Waals surface area contributed by atoms with Crippen LogP contribution in [0.1, 0.15) is 5.56 Å². The molecule has 24 heavy (non-hydrogen) atoms. The molecular formula is C18H13ClN4O. The van der Waals surface area contributed by atoms with Crippen molar-refractivity contribution in [2.24, 2.45) is 10.2 Å². The van der Waals surface area contributed by atoms with Crippen molar-refractivity contribution < 1.29 is 5.11 Å². The molecular weight excluding hydrogens is 324 g/mol. The van der Waals surface area contributed by atoms with E-state index >= 15 is 0 Å². The summed E-state index contributed by atoms with van der Waals surface area (Å²) in [7, 11) is 0. The molecule has 2 aromatic carbocycles. The van der Waals surface area contributed by atoms with Crippen molar-refractivity contribution in [1.29, 1.82) is 0 Å². The summed E-state index contributed by atoms with van der Waals surface area (Å²) >= 11 is 6.00. The molecule has 4 aromatic rings. The fraction of sp³-hybridized carbons (Fsp3) is 0.0556. The first-order chi connectivity index (χ1) is 11.6. The molecule has 0 aliphatic heterocycles. The number of pyridine rings is 1. The average molecular weight is 337 g/mol. The van der Waals surface area contributed by atoms with Crippen LogP contribution in [-0.4, -0.2) is 15.1 Å². The van der Waals surface area contributed by atoms with E-state index in [-0.39, 0.29) is 5.88 Å². The minimum absolute atomic E-state index is 0.000700. The summed E-state index contributed by atoms with van der Waals surface area (Å²) in [6.07, 6.45) is 1.66. The van der Waals surface area contributed by atoms with Crippen molar-refractivity contribution in [3.05, 3.63) is 59.2 Å². The first kappa shape index (κ1) is 14.7. The molecule has 2 heterocycles. The van der Waals surface area contributed by atoms with Gasteiger partial charge in [-0.1, -0.05) is 23.2 Å². The highest BCUT2D eigenvalue weighted by molar-refractivity contribution is 6.31. The number of hydrogen-bond donors (Lipinski definition) is 2. The molecule has 0 aliphatic rings. The van der Waals surface area contributed by atoms with E-state index in [1.165, 1.54) is 0 Å². The number of aromatic amines is 1. The summed E-state index contributed by atoms with van der Waals surface area (Å²) in [6, 6.07) is 13.0. The average Bonchev–Trinajstić information content (AvgIpc) is 2.87. The minimum atomic E-state index is 0.000700. The number of rotatable bonds is 2. The predicted molar refractivity (Wildman–Crippen MR) is 95.6 cm³/mol. The zero-order chi connectivity index (χ0) is 16.7. The third kappa shape index (κ3) is 2.49. The van der Waals surface area contributed by atoms with Crippen molar-refractivity contribution >= 4 is 44.8 Å². The van der Waals surface area contributed by atoms with Gasteiger partial charge in [-0.25, -0.2) is 0 Å². The van der Waals surface area contributed by atoms with Gasteiger partial charge >= 0.3 is 0 Å². The Kier molecular flexibility index (Phi) is 3.43. The number of aromatic hydroxyl groups is 1. The Labute approximate surface area is 142 Å². The summed E-state index contributed by atoms with van der Waals surface area (Å²) in [6.45, 7) is 1.99. The molecule has 0 spiro atoms. The topological polar surface area (TPSA) is 73.6 Å². The maximum Gasteiger partial charge on any atom is 0.218 e. The lowest BCUT2D eigenvalue weighted by atomic mass is 10.1. The van der Waals surface area contributed by atoms with Crippen LogP contribution < -0.4 is 0 Å². The van der Waals surface area contributed by atoms with E-state index in [9.17, 15) is 5.11 Å². The van der Waals surface area contributed by atoms with Crippen molar-refractivity contribution in [3.63, 3.8) is 0 Å². The van der Waals surface area contributed by atoms with Crippen LogP contribution in [0.15, 0.2) is 58.9 Å². The van der Waals surface area contributed by atoms with E-state index in [4.69, 9.17) is 11.6 Å². The molecule has 0 amide bonds. The lowest BCUT2D eigenvalue weighted by Crippen LogP contribution is -1.78. The molecule has 2 aromatic heterocycles. The normalized spacial score (nSPS) is 11.8. The quantitative estimate of drug-likeness (QED) is 0.454. The SMILES string of the molecule is Cc1ccc2[nH]c(O)c(N=Nc3ccnc4cc(Cl)ccc34)c2c1. The summed E-state index contributed by atoms with van der Waals surface area (Å²) in [5, 5.41) is 21.0. The van der Waals surface area contributed by atoms with E-state index in [0.717, 1.165) is 27.4 Å². The smallest absolute Gasteiger partial charge is 0.218 e. The molecule has 5 nitrogen and oxygen atoms in total. The van der Waals surface area contributed by atoms with Crippen LogP contribution in [0.25, 0.3) is 21.8 Å². The number of azo groups is 1. The van der Waals surface area contributed by atoms with Gasteiger partial charge in [0.15, 0.2) is 5.69 Å². The second-order valence-corrected chi connectivity index (χ2v) is 6.00. The van der Waals surface area contributed by atoms with Crippen LogP contribution in [-0.2, 0) is 0 Å². The number of fused-ring (bicyclic) bond motifs is 2. The van der Waals surface area contributed by atoms with Crippen LogP contribution in [0.4, 0.5) is 11.4 Å². The van der Waals surface area contributed by atoms with E-state index in [1.807, 2.05) is 31.2 Å². The number of aryl methyl sites for hydroxylation is 1. The van der Waals surface area contributed by atoms with Crippen molar-refractivity contribution in [2.75, 3.05) is 0 Å². The molecule has 0 unspecified atom stereocenters. The van der Waals surface area contributed by atoms with Gasteiger partial charge in [0, 0.05) is 22.0 Å². The summed E-state index contributed by atoms with van der Waals surface area (Å²) in [4.78, 5) is 7.19. The van der Waals surface area contributed by atoms with Crippen LogP contribution in [0.5, 0.6) is 5.88 Å². The summed E-state index contributed by atoms with van der Waals surface area (Å²) in [5.74, 6) is 0.000700. The van der Waals surface area contributed by atoms with Gasteiger partial charge in [0.1, 0.15) is 0 Å². The number of nitrogens with one attached hydrogen (secondary N) is 1. The van der Waals surface area contributed by atoms with E-state index < -0.39 is 0 Å². The maximum atomic E-state index is 10.1. The molecule has 6 heteroatoms. The molecule has 118 valence electrons. The van der Waals surface area contributed by atoms with E-state index in [1.54, 1.807) is 24.4 Å². The van der Waals surface area contributed by atoms with Crippen molar-refractivity contribution in [2.45, 2.75) is 6.92 Å². The zero-order valence-corrected chi connectivity index (χ0v) is 13.5. The van der Waals surface area contributed by atoms with Crippen LogP contribution in [0, 0.1) is 6.92 Å². The van der Waals surface area contributed by atoms with Gasteiger partial charge in [-0.2, -0.15) is 0 Å². The maximum absolute atomic E-state index is 10.1. The zero-order valence-electron chi connectivity index (χ0n) is 12.8. The van der Waals surface area contributed by atoms with Gasteiger partial charge < -0.3 is 10.1 Å². The van der Waals surface area contributed by atoms with Gasteiger partial charge in [0.25, 0.3) is 0 Å². The Hall–Kier alpha value is -2.92. The summed E-state index contributed by atoms with van der Waals surface area (Å²) < 4.78 is 0. The molecule has 0 saturated heterocycles. The monoisotopic (exact) mass is 336 g/mol. The van der Waals surface area contributed by atoms with Gasteiger partial charge in [0.05, 0.1) is 16.7 Å². The van der Waals surface area contributed by atoms with Gasteiger partial charge in [0.2, 0.25) is 5.88 Å². The van der Waals surface area contributed by atoms with Crippen LogP contribution >= 0.6 is 11.6 Å². The second kappa shape index (κ2) is 5.62. The molecule has 0 bridgehead atoms. The minimum Gasteiger partial charge on any atom is -0.493 e. The Bertz CT molecular complexity index is 1100. The first-order valence-electron chi connectivity index (χ1n) is 7.39. The molecule has 0 atom stereocenters. The highest BCUT2D eigenvalue weighted by Crippen LogP contribution is 2.37. The Morgan fingerprint density at radius 3 is 2.79 bits per heavy atom.